The maximum Gasteiger partial charge on any atom is 0.0717 e. The average Bonchev–Trinajstić information content (AvgIpc) is 2.18. The Morgan fingerprint density at radius 1 is 1.33 bits per heavy atom. The standard InChI is InChI=1S/C12H14Br2O/c1-10(7-12(13)14)8-15-9-11-5-3-2-4-6-11/h2-7,10H,8-9H2,1H3/t10-/m1/s1. The smallest absolute Gasteiger partial charge is 0.0717 e. The molecule has 0 spiro atoms. The van der Waals surface area contributed by atoms with Gasteiger partial charge < -0.3 is 4.74 Å². The molecule has 1 nitrogen and oxygen atoms in total. The fourth-order valence-corrected chi connectivity index (χ4v) is 2.10. The molecule has 0 aliphatic heterocycles. The molecule has 1 aromatic rings. The summed E-state index contributed by atoms with van der Waals surface area (Å²) in [5.41, 5.74) is 1.21. The summed E-state index contributed by atoms with van der Waals surface area (Å²) in [4.78, 5) is 0. The molecule has 0 aromatic heterocycles. The number of rotatable bonds is 5. The average molecular weight is 334 g/mol. The molecule has 0 aliphatic rings. The van der Waals surface area contributed by atoms with E-state index in [0.29, 0.717) is 12.5 Å². The minimum absolute atomic E-state index is 0.405. The summed E-state index contributed by atoms with van der Waals surface area (Å²) < 4.78 is 6.57. The van der Waals surface area contributed by atoms with Crippen LogP contribution in [0.1, 0.15) is 12.5 Å². The van der Waals surface area contributed by atoms with Crippen LogP contribution in [0.5, 0.6) is 0 Å². The lowest BCUT2D eigenvalue weighted by Gasteiger charge is -2.07. The second kappa shape index (κ2) is 7.20. The lowest BCUT2D eigenvalue weighted by atomic mass is 10.2. The molecule has 15 heavy (non-hydrogen) atoms. The van der Waals surface area contributed by atoms with E-state index in [-0.39, 0.29) is 0 Å². The topological polar surface area (TPSA) is 9.23 Å². The molecule has 82 valence electrons. The third-order valence-electron chi connectivity index (χ3n) is 1.90. The molecule has 0 N–H and O–H groups in total. The molecule has 0 fully saturated rings. The van der Waals surface area contributed by atoms with Gasteiger partial charge in [-0.1, -0.05) is 43.3 Å². The SMILES string of the molecule is C[C@H](C=C(Br)Br)COCc1ccccc1. The molecular weight excluding hydrogens is 320 g/mol. The Morgan fingerprint density at radius 3 is 2.60 bits per heavy atom. The van der Waals surface area contributed by atoms with Crippen molar-refractivity contribution in [3.8, 4) is 0 Å². The number of ether oxygens (including phenoxy) is 1. The first-order chi connectivity index (χ1) is 7.18. The van der Waals surface area contributed by atoms with E-state index in [0.717, 1.165) is 10.00 Å². The Bertz CT molecular complexity index is 305. The van der Waals surface area contributed by atoms with Crippen LogP contribution in [0, 0.1) is 5.92 Å². The van der Waals surface area contributed by atoms with Gasteiger partial charge in [-0.2, -0.15) is 0 Å². The van der Waals surface area contributed by atoms with Crippen molar-refractivity contribution in [1.82, 2.24) is 0 Å². The molecule has 1 atom stereocenters. The molecule has 0 unspecified atom stereocenters. The van der Waals surface area contributed by atoms with E-state index in [9.17, 15) is 0 Å². The summed E-state index contributed by atoms with van der Waals surface area (Å²) in [7, 11) is 0. The molecule has 3 heteroatoms. The Balaban J connectivity index is 2.25. The van der Waals surface area contributed by atoms with Gasteiger partial charge in [0.2, 0.25) is 0 Å². The highest BCUT2D eigenvalue weighted by atomic mass is 79.9. The molecule has 0 heterocycles. The zero-order valence-corrected chi connectivity index (χ0v) is 11.8. The van der Waals surface area contributed by atoms with Crippen molar-refractivity contribution in [3.63, 3.8) is 0 Å². The number of halogens is 2. The second-order valence-corrected chi connectivity index (χ2v) is 6.21. The van der Waals surface area contributed by atoms with Crippen LogP contribution < -0.4 is 0 Å². The van der Waals surface area contributed by atoms with E-state index < -0.39 is 0 Å². The van der Waals surface area contributed by atoms with Crippen LogP contribution in [0.2, 0.25) is 0 Å². The van der Waals surface area contributed by atoms with Crippen LogP contribution >= 0.6 is 31.9 Å². The van der Waals surface area contributed by atoms with E-state index in [1.54, 1.807) is 0 Å². The zero-order valence-electron chi connectivity index (χ0n) is 8.62. The largest absolute Gasteiger partial charge is 0.376 e. The second-order valence-electron chi connectivity index (χ2n) is 3.43. The van der Waals surface area contributed by atoms with Crippen molar-refractivity contribution in [2.24, 2.45) is 5.92 Å². The maximum absolute atomic E-state index is 5.60. The van der Waals surface area contributed by atoms with Gasteiger partial charge >= 0.3 is 0 Å². The molecule has 0 amide bonds. The highest BCUT2D eigenvalue weighted by molar-refractivity contribution is 9.28. The minimum Gasteiger partial charge on any atom is -0.376 e. The Hall–Kier alpha value is -0.120. The Kier molecular flexibility index (Phi) is 6.22. The molecule has 1 aromatic carbocycles. The molecule has 0 bridgehead atoms. The minimum atomic E-state index is 0.405. The first kappa shape index (κ1) is 12.9. The predicted molar refractivity (Wildman–Crippen MR) is 71.2 cm³/mol. The molecule has 0 saturated carbocycles. The van der Waals surface area contributed by atoms with E-state index in [1.807, 2.05) is 18.2 Å². The third kappa shape index (κ3) is 6.13. The van der Waals surface area contributed by atoms with E-state index >= 15 is 0 Å². The Labute approximate surface area is 108 Å². The summed E-state index contributed by atoms with van der Waals surface area (Å²) >= 11 is 6.67. The van der Waals surface area contributed by atoms with Crippen LogP contribution in [-0.2, 0) is 11.3 Å². The summed E-state index contributed by atoms with van der Waals surface area (Å²) in [5, 5.41) is 0. The molecular formula is C12H14Br2O. The monoisotopic (exact) mass is 332 g/mol. The van der Waals surface area contributed by atoms with E-state index in [1.165, 1.54) is 5.56 Å². The van der Waals surface area contributed by atoms with Gasteiger partial charge in [0.1, 0.15) is 0 Å². The molecule has 1 rings (SSSR count). The lowest BCUT2D eigenvalue weighted by Crippen LogP contribution is -2.03. The van der Waals surface area contributed by atoms with Crippen LogP contribution in [0.15, 0.2) is 39.8 Å². The van der Waals surface area contributed by atoms with Crippen molar-refractivity contribution >= 4 is 31.9 Å². The van der Waals surface area contributed by atoms with E-state index in [4.69, 9.17) is 4.74 Å². The molecule has 0 saturated heterocycles. The van der Waals surface area contributed by atoms with Gasteiger partial charge in [0.25, 0.3) is 0 Å². The van der Waals surface area contributed by atoms with Crippen molar-refractivity contribution in [2.45, 2.75) is 13.5 Å². The summed E-state index contributed by atoms with van der Waals surface area (Å²) in [6, 6.07) is 10.2. The van der Waals surface area contributed by atoms with Gasteiger partial charge in [-0.3, -0.25) is 0 Å². The fraction of sp³-hybridized carbons (Fsp3) is 0.333. The zero-order chi connectivity index (χ0) is 11.1. The highest BCUT2D eigenvalue weighted by Gasteiger charge is 1.99. The van der Waals surface area contributed by atoms with Crippen LogP contribution in [0.25, 0.3) is 0 Å². The van der Waals surface area contributed by atoms with E-state index in [2.05, 4.69) is 57.0 Å². The summed E-state index contributed by atoms with van der Waals surface area (Å²) in [5.74, 6) is 0.405. The molecule has 0 radical (unpaired) electrons. The van der Waals surface area contributed by atoms with Gasteiger partial charge in [-0.05, 0) is 43.3 Å². The van der Waals surface area contributed by atoms with Gasteiger partial charge in [-0.25, -0.2) is 0 Å². The van der Waals surface area contributed by atoms with Crippen LogP contribution in [-0.4, -0.2) is 6.61 Å². The van der Waals surface area contributed by atoms with Gasteiger partial charge in [0, 0.05) is 0 Å². The predicted octanol–water partition coefficient (Wildman–Crippen LogP) is 4.47. The number of benzene rings is 1. The fourth-order valence-electron chi connectivity index (χ4n) is 1.20. The number of hydrogen-bond acceptors (Lipinski definition) is 1. The number of hydrogen-bond donors (Lipinski definition) is 0. The first-order valence-corrected chi connectivity index (χ1v) is 6.41. The van der Waals surface area contributed by atoms with Crippen molar-refractivity contribution in [1.29, 1.82) is 0 Å². The summed E-state index contributed by atoms with van der Waals surface area (Å²) in [6.45, 7) is 3.53. The highest BCUT2D eigenvalue weighted by Crippen LogP contribution is 2.16. The molecule has 0 aliphatic carbocycles. The van der Waals surface area contributed by atoms with Gasteiger partial charge in [0.05, 0.1) is 16.6 Å². The normalized spacial score (nSPS) is 12.2. The van der Waals surface area contributed by atoms with Crippen molar-refractivity contribution in [2.75, 3.05) is 6.61 Å². The van der Waals surface area contributed by atoms with Crippen molar-refractivity contribution < 1.29 is 4.74 Å². The lowest BCUT2D eigenvalue weighted by molar-refractivity contribution is 0.104. The van der Waals surface area contributed by atoms with Gasteiger partial charge in [-0.15, -0.1) is 0 Å². The van der Waals surface area contributed by atoms with Crippen LogP contribution in [0.3, 0.4) is 0 Å². The van der Waals surface area contributed by atoms with Crippen molar-refractivity contribution in [3.05, 3.63) is 45.4 Å². The quantitative estimate of drug-likeness (QED) is 0.772. The maximum atomic E-state index is 5.60. The first-order valence-electron chi connectivity index (χ1n) is 4.83. The third-order valence-corrected chi connectivity index (χ3v) is 2.43. The Morgan fingerprint density at radius 2 is 2.00 bits per heavy atom. The van der Waals surface area contributed by atoms with Crippen LogP contribution in [0.4, 0.5) is 0 Å². The van der Waals surface area contributed by atoms with Gasteiger partial charge in [0.15, 0.2) is 0 Å². The summed E-state index contributed by atoms with van der Waals surface area (Å²) in [6.07, 6.45) is 2.07.